The molecule has 0 atom stereocenters. The molecule has 4 N–H and O–H groups in total. The van der Waals surface area contributed by atoms with Crippen molar-refractivity contribution in [3.05, 3.63) is 101 Å². The second-order valence-electron chi connectivity index (χ2n) is 7.67. The third-order valence-electron chi connectivity index (χ3n) is 5.11. The van der Waals surface area contributed by atoms with Crippen LogP contribution in [0.25, 0.3) is 11.1 Å². The maximum Gasteiger partial charge on any atom is 0.256 e. The van der Waals surface area contributed by atoms with Gasteiger partial charge in [0.05, 0.1) is 11.9 Å². The van der Waals surface area contributed by atoms with Gasteiger partial charge in [0.1, 0.15) is 11.6 Å². The molecule has 0 aliphatic rings. The van der Waals surface area contributed by atoms with Gasteiger partial charge < -0.3 is 16.4 Å². The van der Waals surface area contributed by atoms with Crippen LogP contribution in [0.3, 0.4) is 0 Å². The van der Waals surface area contributed by atoms with E-state index >= 15 is 0 Å². The fourth-order valence-electron chi connectivity index (χ4n) is 3.45. The van der Waals surface area contributed by atoms with E-state index in [0.29, 0.717) is 34.5 Å². The number of hydrogen-bond acceptors (Lipinski definition) is 5. The van der Waals surface area contributed by atoms with Crippen LogP contribution in [-0.2, 0) is 6.42 Å². The number of nitrogen functional groups attached to an aromatic ring is 1. The molecule has 0 radical (unpaired) electrons. The molecule has 1 amide bonds. The number of carbonyl (C=O) groups is 1. The van der Waals surface area contributed by atoms with Crippen LogP contribution in [0.2, 0.25) is 5.02 Å². The van der Waals surface area contributed by atoms with Crippen molar-refractivity contribution < 1.29 is 4.79 Å². The minimum Gasteiger partial charge on any atom is -0.384 e. The number of rotatable bonds is 7. The van der Waals surface area contributed by atoms with Gasteiger partial charge in [-0.25, -0.2) is 9.97 Å². The molecule has 2 aromatic carbocycles. The van der Waals surface area contributed by atoms with Crippen LogP contribution in [0.15, 0.2) is 79.0 Å². The number of amides is 1. The van der Waals surface area contributed by atoms with E-state index in [1.54, 1.807) is 12.3 Å². The Morgan fingerprint density at radius 1 is 1.03 bits per heavy atom. The number of hydrogen-bond donors (Lipinski definition) is 3. The topological polar surface area (TPSA) is 92.9 Å². The lowest BCUT2D eigenvalue weighted by atomic mass is 9.97. The van der Waals surface area contributed by atoms with Gasteiger partial charge in [-0.05, 0) is 60.5 Å². The zero-order chi connectivity index (χ0) is 23.2. The maximum absolute atomic E-state index is 13.1. The molecule has 0 fully saturated rings. The van der Waals surface area contributed by atoms with Crippen LogP contribution in [0.1, 0.15) is 21.6 Å². The molecule has 0 spiro atoms. The van der Waals surface area contributed by atoms with E-state index in [0.717, 1.165) is 28.8 Å². The van der Waals surface area contributed by atoms with Gasteiger partial charge in [0.25, 0.3) is 5.91 Å². The standard InChI is InChI=1S/C26H24ClN5O/c1-17-5-11-22(18-6-8-19(27)9-7-18)23(15-17)26(33)32-21-10-12-25(30-16-21)29-14-13-20-3-2-4-24(28)31-20/h2-12,15-16H,13-14H2,1H3,(H2,28,31)(H,29,30)(H,32,33). The minimum atomic E-state index is -0.195. The SMILES string of the molecule is Cc1ccc(-c2ccc(Cl)cc2)c(C(=O)Nc2ccc(NCCc3cccc(N)n3)nc2)c1. The molecular weight excluding hydrogens is 434 g/mol. The fraction of sp³-hybridized carbons (Fsp3) is 0.115. The van der Waals surface area contributed by atoms with Crippen molar-refractivity contribution in [3.8, 4) is 11.1 Å². The highest BCUT2D eigenvalue weighted by Gasteiger charge is 2.14. The van der Waals surface area contributed by atoms with Crippen LogP contribution in [0.5, 0.6) is 0 Å². The lowest BCUT2D eigenvalue weighted by Crippen LogP contribution is -2.14. The van der Waals surface area contributed by atoms with Crippen molar-refractivity contribution in [2.24, 2.45) is 0 Å². The Kier molecular flexibility index (Phi) is 6.86. The van der Waals surface area contributed by atoms with Crippen LogP contribution in [-0.4, -0.2) is 22.4 Å². The molecule has 0 bridgehead atoms. The first-order chi connectivity index (χ1) is 16.0. The smallest absolute Gasteiger partial charge is 0.256 e. The molecule has 6 nitrogen and oxygen atoms in total. The summed E-state index contributed by atoms with van der Waals surface area (Å²) in [5, 5.41) is 6.85. The van der Waals surface area contributed by atoms with Crippen LogP contribution in [0.4, 0.5) is 17.3 Å². The summed E-state index contributed by atoms with van der Waals surface area (Å²) in [7, 11) is 0. The summed E-state index contributed by atoms with van der Waals surface area (Å²) in [5.41, 5.74) is 10.6. The first-order valence-corrected chi connectivity index (χ1v) is 10.9. The highest BCUT2D eigenvalue weighted by atomic mass is 35.5. The normalized spacial score (nSPS) is 10.6. The van der Waals surface area contributed by atoms with Gasteiger partial charge in [-0.1, -0.05) is 47.5 Å². The molecule has 166 valence electrons. The van der Waals surface area contributed by atoms with Gasteiger partial charge in [-0.3, -0.25) is 4.79 Å². The van der Waals surface area contributed by atoms with E-state index in [-0.39, 0.29) is 5.91 Å². The molecular formula is C26H24ClN5O. The number of nitrogens with two attached hydrogens (primary N) is 1. The average molecular weight is 458 g/mol. The lowest BCUT2D eigenvalue weighted by molar-refractivity contribution is 0.102. The number of carbonyl (C=O) groups excluding carboxylic acids is 1. The third kappa shape index (κ3) is 5.87. The minimum absolute atomic E-state index is 0.195. The van der Waals surface area contributed by atoms with Crippen LogP contribution in [0, 0.1) is 6.92 Å². The molecule has 0 saturated heterocycles. The van der Waals surface area contributed by atoms with Gasteiger partial charge in [-0.15, -0.1) is 0 Å². The monoisotopic (exact) mass is 457 g/mol. The summed E-state index contributed by atoms with van der Waals surface area (Å²) in [5.74, 6) is 1.03. The largest absolute Gasteiger partial charge is 0.384 e. The van der Waals surface area contributed by atoms with Crippen LogP contribution < -0.4 is 16.4 Å². The summed E-state index contributed by atoms with van der Waals surface area (Å²) in [6.45, 7) is 2.63. The molecule has 2 heterocycles. The summed E-state index contributed by atoms with van der Waals surface area (Å²) in [6.07, 6.45) is 2.36. The summed E-state index contributed by atoms with van der Waals surface area (Å²) in [6, 6.07) is 22.5. The number of aryl methyl sites for hydroxylation is 1. The summed E-state index contributed by atoms with van der Waals surface area (Å²) < 4.78 is 0. The van der Waals surface area contributed by atoms with Gasteiger partial charge in [0.2, 0.25) is 0 Å². The second kappa shape index (κ2) is 10.1. The Morgan fingerprint density at radius 2 is 1.85 bits per heavy atom. The number of benzene rings is 2. The van der Waals surface area contributed by atoms with E-state index in [1.165, 1.54) is 0 Å². The Labute approximate surface area is 197 Å². The average Bonchev–Trinajstić information content (AvgIpc) is 2.81. The number of pyridine rings is 2. The predicted octanol–water partition coefficient (Wildman–Crippen LogP) is 5.59. The first-order valence-electron chi connectivity index (χ1n) is 10.6. The fourth-order valence-corrected chi connectivity index (χ4v) is 3.58. The first kappa shape index (κ1) is 22.3. The lowest BCUT2D eigenvalue weighted by Gasteiger charge is -2.12. The number of halogens is 1. The Bertz CT molecular complexity index is 1260. The van der Waals surface area contributed by atoms with E-state index < -0.39 is 0 Å². The van der Waals surface area contributed by atoms with Crippen molar-refractivity contribution in [2.45, 2.75) is 13.3 Å². The quantitative estimate of drug-likeness (QED) is 0.336. The Balaban J connectivity index is 1.41. The maximum atomic E-state index is 13.1. The highest BCUT2D eigenvalue weighted by Crippen LogP contribution is 2.27. The van der Waals surface area contributed by atoms with Gasteiger partial charge in [0.15, 0.2) is 0 Å². The molecule has 2 aromatic heterocycles. The summed E-state index contributed by atoms with van der Waals surface area (Å²) in [4.78, 5) is 21.8. The van der Waals surface area contributed by atoms with Crippen molar-refractivity contribution in [2.75, 3.05) is 22.9 Å². The molecule has 33 heavy (non-hydrogen) atoms. The highest BCUT2D eigenvalue weighted by molar-refractivity contribution is 6.30. The third-order valence-corrected chi connectivity index (χ3v) is 5.36. The molecule has 0 saturated carbocycles. The molecule has 0 aliphatic carbocycles. The zero-order valence-electron chi connectivity index (χ0n) is 18.2. The van der Waals surface area contributed by atoms with E-state index in [1.807, 2.05) is 73.7 Å². The molecule has 0 aliphatic heterocycles. The van der Waals surface area contributed by atoms with Gasteiger partial charge in [-0.2, -0.15) is 0 Å². The summed E-state index contributed by atoms with van der Waals surface area (Å²) >= 11 is 6.02. The molecule has 4 aromatic rings. The van der Waals surface area contributed by atoms with Crippen molar-refractivity contribution in [3.63, 3.8) is 0 Å². The Morgan fingerprint density at radius 3 is 2.58 bits per heavy atom. The number of nitrogens with one attached hydrogen (secondary N) is 2. The van der Waals surface area contributed by atoms with Crippen molar-refractivity contribution in [1.29, 1.82) is 0 Å². The molecule has 7 heteroatoms. The van der Waals surface area contributed by atoms with Crippen molar-refractivity contribution >= 4 is 34.8 Å². The number of anilines is 3. The number of nitrogens with zero attached hydrogens (tertiary/aromatic N) is 2. The van der Waals surface area contributed by atoms with Gasteiger partial charge in [0, 0.05) is 29.2 Å². The van der Waals surface area contributed by atoms with Gasteiger partial charge >= 0.3 is 0 Å². The van der Waals surface area contributed by atoms with Crippen LogP contribution >= 0.6 is 11.6 Å². The van der Waals surface area contributed by atoms with E-state index in [9.17, 15) is 4.79 Å². The Hall–Kier alpha value is -3.90. The van der Waals surface area contributed by atoms with E-state index in [2.05, 4.69) is 20.6 Å². The predicted molar refractivity (Wildman–Crippen MR) is 135 cm³/mol. The molecule has 4 rings (SSSR count). The van der Waals surface area contributed by atoms with Crippen molar-refractivity contribution in [1.82, 2.24) is 9.97 Å². The zero-order valence-corrected chi connectivity index (χ0v) is 18.9. The number of aromatic nitrogens is 2. The van der Waals surface area contributed by atoms with E-state index in [4.69, 9.17) is 17.3 Å². The second-order valence-corrected chi connectivity index (χ2v) is 8.11. The molecule has 0 unspecified atom stereocenters.